The first-order chi connectivity index (χ1) is 23.8. The standard InChI is InChI=1S/C41H49N7O2/c1-25-8-14-33(15-9-25)45-40(43)41(22-26(2)44-24-38(49)48-34(23-42)20-32-21-37(32)48)35-16-12-28(27(3)46(4)5)18-29(35)10-11-30-19-31(13-17-36(30)41)39(50)47(6)7/h8-9,12-19,26,32,34,37,44H,3,10-11,20-22,24H2,1-2,4-7H3,(H2,43,45)/t26-,32?,34?,37+,41?/m1/s1. The number of fused-ring (bicyclic) bond motifs is 3. The first-order valence-electron chi connectivity index (χ1n) is 17.5. The van der Waals surface area contributed by atoms with Crippen LogP contribution >= 0.6 is 0 Å². The number of amides is 2. The van der Waals surface area contributed by atoms with Crippen LogP contribution in [0.4, 0.5) is 5.69 Å². The number of hydrogen-bond donors (Lipinski definition) is 2. The molecule has 2 amide bonds. The normalized spacial score (nSPS) is 22.7. The molecule has 3 aromatic carbocycles. The zero-order valence-corrected chi connectivity index (χ0v) is 30.2. The van der Waals surface area contributed by atoms with E-state index in [1.165, 1.54) is 0 Å². The number of hydrogen-bond acceptors (Lipinski definition) is 6. The van der Waals surface area contributed by atoms with Crippen molar-refractivity contribution in [2.45, 2.75) is 69.5 Å². The summed E-state index contributed by atoms with van der Waals surface area (Å²) >= 11 is 0. The van der Waals surface area contributed by atoms with Gasteiger partial charge in [-0.3, -0.25) is 9.59 Å². The molecule has 2 aliphatic carbocycles. The lowest BCUT2D eigenvalue weighted by molar-refractivity contribution is -0.131. The molecule has 5 atom stereocenters. The number of piperidine rings is 1. The van der Waals surface area contributed by atoms with E-state index in [4.69, 9.17) is 10.7 Å². The van der Waals surface area contributed by atoms with Crippen molar-refractivity contribution in [2.24, 2.45) is 16.6 Å². The molecule has 1 heterocycles. The van der Waals surface area contributed by atoms with Gasteiger partial charge in [0.15, 0.2) is 0 Å². The summed E-state index contributed by atoms with van der Waals surface area (Å²) in [7, 11) is 7.50. The second kappa shape index (κ2) is 13.8. The quantitative estimate of drug-likeness (QED) is 0.227. The Bertz CT molecular complexity index is 1820. The number of nitrogens with one attached hydrogen (secondary N) is 1. The van der Waals surface area contributed by atoms with Crippen LogP contribution in [-0.4, -0.2) is 85.2 Å². The Labute approximate surface area is 296 Å². The minimum Gasteiger partial charge on any atom is -0.386 e. The van der Waals surface area contributed by atoms with E-state index in [-0.39, 0.29) is 36.5 Å². The van der Waals surface area contributed by atoms with Crippen molar-refractivity contribution < 1.29 is 9.59 Å². The molecule has 9 nitrogen and oxygen atoms in total. The molecule has 6 rings (SSSR count). The number of carbonyl (C=O) groups excluding carboxylic acids is 2. The molecular formula is C41H49N7O2. The Balaban J connectivity index is 1.48. The predicted molar refractivity (Wildman–Crippen MR) is 199 cm³/mol. The van der Waals surface area contributed by atoms with Gasteiger partial charge in [0.1, 0.15) is 11.9 Å². The zero-order valence-electron chi connectivity index (χ0n) is 30.2. The van der Waals surface area contributed by atoms with E-state index in [0.717, 1.165) is 64.0 Å². The molecule has 1 saturated heterocycles. The second-order valence-electron chi connectivity index (χ2n) is 14.8. The van der Waals surface area contributed by atoms with Gasteiger partial charge in [-0.15, -0.1) is 0 Å². The molecule has 0 radical (unpaired) electrons. The fourth-order valence-electron chi connectivity index (χ4n) is 7.95. The highest BCUT2D eigenvalue weighted by molar-refractivity contribution is 5.99. The summed E-state index contributed by atoms with van der Waals surface area (Å²) in [5.41, 5.74) is 15.1. The van der Waals surface area contributed by atoms with E-state index < -0.39 is 5.41 Å². The maximum Gasteiger partial charge on any atom is 0.253 e. The average Bonchev–Trinajstić information content (AvgIpc) is 3.79. The van der Waals surface area contributed by atoms with Crippen LogP contribution in [0, 0.1) is 24.2 Å². The molecule has 0 spiro atoms. The topological polar surface area (TPSA) is 118 Å². The number of carbonyl (C=O) groups is 2. The molecule has 0 bridgehead atoms. The van der Waals surface area contributed by atoms with Crippen molar-refractivity contribution in [3.8, 4) is 6.07 Å². The summed E-state index contributed by atoms with van der Waals surface area (Å²) in [5, 5.41) is 13.2. The lowest BCUT2D eigenvalue weighted by Gasteiger charge is -2.39. The van der Waals surface area contributed by atoms with Crippen LogP contribution in [0.3, 0.4) is 0 Å². The number of likely N-dealkylation sites (tertiary alicyclic amines) is 1. The Hall–Kier alpha value is -4.94. The number of benzene rings is 3. The van der Waals surface area contributed by atoms with Gasteiger partial charge in [-0.2, -0.15) is 5.26 Å². The maximum absolute atomic E-state index is 13.5. The van der Waals surface area contributed by atoms with Crippen LogP contribution in [0.5, 0.6) is 0 Å². The third kappa shape index (κ3) is 6.52. The summed E-state index contributed by atoms with van der Waals surface area (Å²) < 4.78 is 0. The van der Waals surface area contributed by atoms with Crippen LogP contribution in [0.25, 0.3) is 5.70 Å². The molecule has 260 valence electrons. The van der Waals surface area contributed by atoms with Gasteiger partial charge in [0, 0.05) is 51.5 Å². The van der Waals surface area contributed by atoms with Crippen molar-refractivity contribution >= 4 is 29.0 Å². The number of nitrogens with two attached hydrogens (primary N) is 1. The molecule has 3 unspecified atom stereocenters. The highest BCUT2D eigenvalue weighted by Gasteiger charge is 2.54. The molecule has 2 fully saturated rings. The smallest absolute Gasteiger partial charge is 0.253 e. The number of aryl methyl sites for hydroxylation is 3. The largest absolute Gasteiger partial charge is 0.386 e. The monoisotopic (exact) mass is 671 g/mol. The molecular weight excluding hydrogens is 622 g/mol. The van der Waals surface area contributed by atoms with E-state index >= 15 is 0 Å². The summed E-state index contributed by atoms with van der Waals surface area (Å²) in [6.45, 7) is 8.58. The van der Waals surface area contributed by atoms with Crippen molar-refractivity contribution in [1.82, 2.24) is 20.0 Å². The third-order valence-electron chi connectivity index (χ3n) is 10.8. The van der Waals surface area contributed by atoms with Crippen LogP contribution in [0.15, 0.2) is 72.2 Å². The van der Waals surface area contributed by atoms with E-state index in [1.54, 1.807) is 23.9 Å². The lowest BCUT2D eigenvalue weighted by atomic mass is 9.67. The Morgan fingerprint density at radius 3 is 2.22 bits per heavy atom. The molecule has 3 N–H and O–H groups in total. The van der Waals surface area contributed by atoms with E-state index in [2.05, 4.69) is 49.2 Å². The van der Waals surface area contributed by atoms with Gasteiger partial charge in [0.05, 0.1) is 23.7 Å². The van der Waals surface area contributed by atoms with E-state index in [1.807, 2.05) is 62.3 Å². The summed E-state index contributed by atoms with van der Waals surface area (Å²) in [6.07, 6.45) is 3.71. The minimum atomic E-state index is -0.899. The molecule has 9 heteroatoms. The number of rotatable bonds is 10. The summed E-state index contributed by atoms with van der Waals surface area (Å²) in [5.74, 6) is 0.805. The Morgan fingerprint density at radius 2 is 1.62 bits per heavy atom. The third-order valence-corrected chi connectivity index (χ3v) is 10.8. The van der Waals surface area contributed by atoms with Gasteiger partial charge >= 0.3 is 0 Å². The number of amidine groups is 1. The predicted octanol–water partition coefficient (Wildman–Crippen LogP) is 5.18. The number of nitriles is 1. The molecule has 1 aliphatic heterocycles. The van der Waals surface area contributed by atoms with Gasteiger partial charge in [-0.05, 0) is 110 Å². The average molecular weight is 672 g/mol. The fraction of sp³-hybridized carbons (Fsp3) is 0.415. The number of nitrogens with zero attached hydrogens (tertiary/aromatic N) is 5. The van der Waals surface area contributed by atoms with Crippen molar-refractivity contribution in [1.29, 1.82) is 5.26 Å². The van der Waals surface area contributed by atoms with Gasteiger partial charge in [0.2, 0.25) is 5.91 Å². The maximum atomic E-state index is 13.5. The molecule has 50 heavy (non-hydrogen) atoms. The highest BCUT2D eigenvalue weighted by atomic mass is 16.2. The Morgan fingerprint density at radius 1 is 1.00 bits per heavy atom. The second-order valence-corrected chi connectivity index (χ2v) is 14.8. The van der Waals surface area contributed by atoms with Crippen molar-refractivity contribution in [2.75, 3.05) is 34.7 Å². The SMILES string of the molecule is C=C(c1ccc2c(c1)CCc1cc(C(=O)N(C)C)ccc1C2(C[C@@H](C)NCC(=O)N1C(C#N)CC2C[C@@H]21)C(N)=Nc1ccc(C)cc1)N(C)C. The molecule has 0 aromatic heterocycles. The fourth-order valence-corrected chi connectivity index (χ4v) is 7.95. The molecule has 3 aliphatic rings. The van der Waals surface area contributed by atoms with Gasteiger partial charge in [0.25, 0.3) is 5.91 Å². The van der Waals surface area contributed by atoms with Crippen LogP contribution in [0.1, 0.15) is 69.9 Å². The minimum absolute atomic E-state index is 0.0379. The van der Waals surface area contributed by atoms with E-state index in [9.17, 15) is 14.9 Å². The summed E-state index contributed by atoms with van der Waals surface area (Å²) in [6, 6.07) is 22.5. The van der Waals surface area contributed by atoms with E-state index in [0.29, 0.717) is 30.2 Å². The Kier molecular flexibility index (Phi) is 9.60. The molecule has 3 aromatic rings. The molecule has 1 saturated carbocycles. The first kappa shape index (κ1) is 34.9. The van der Waals surface area contributed by atoms with Crippen molar-refractivity contribution in [3.63, 3.8) is 0 Å². The van der Waals surface area contributed by atoms with Gasteiger partial charge in [-0.25, -0.2) is 4.99 Å². The van der Waals surface area contributed by atoms with Crippen LogP contribution < -0.4 is 11.1 Å². The lowest BCUT2D eigenvalue weighted by Crippen LogP contribution is -2.49. The summed E-state index contributed by atoms with van der Waals surface area (Å²) in [4.78, 5) is 37.2. The zero-order chi connectivity index (χ0) is 35.9. The van der Waals surface area contributed by atoms with Gasteiger partial charge in [-0.1, -0.05) is 42.5 Å². The number of aliphatic imine (C=N–C) groups is 1. The first-order valence-corrected chi connectivity index (χ1v) is 17.5. The van der Waals surface area contributed by atoms with Gasteiger partial charge < -0.3 is 25.8 Å². The van der Waals surface area contributed by atoms with Crippen LogP contribution in [-0.2, 0) is 23.1 Å². The highest BCUT2D eigenvalue weighted by Crippen LogP contribution is 2.48. The van der Waals surface area contributed by atoms with Crippen molar-refractivity contribution in [3.05, 3.63) is 106 Å². The van der Waals surface area contributed by atoms with Crippen LogP contribution in [0.2, 0.25) is 0 Å².